The Kier molecular flexibility index (Phi) is 11.1. The second-order valence-electron chi connectivity index (χ2n) is 8.34. The zero-order valence-electron chi connectivity index (χ0n) is 19.7. The summed E-state index contributed by atoms with van der Waals surface area (Å²) >= 11 is 0. The fourth-order valence-electron chi connectivity index (χ4n) is 3.40. The Morgan fingerprint density at radius 3 is 2.19 bits per heavy atom. The molecule has 2 atom stereocenters. The van der Waals surface area contributed by atoms with E-state index in [2.05, 4.69) is 37.8 Å². The van der Waals surface area contributed by atoms with Crippen molar-refractivity contribution >= 4 is 23.4 Å². The lowest BCUT2D eigenvalue weighted by atomic mass is 9.93. The van der Waals surface area contributed by atoms with Crippen molar-refractivity contribution in [2.45, 2.75) is 51.7 Å². The Labute approximate surface area is 215 Å². The number of nitrogens with zero attached hydrogens (tertiary/aromatic N) is 2. The summed E-state index contributed by atoms with van der Waals surface area (Å²) in [6.45, 7) is 1.77. The molecule has 11 nitrogen and oxygen atoms in total. The molecule has 0 radical (unpaired) electrons. The third kappa shape index (κ3) is 8.66. The molecule has 2 aromatic carbocycles. The van der Waals surface area contributed by atoms with Crippen molar-refractivity contribution in [1.82, 2.24) is 21.0 Å². The molecule has 194 valence electrons. The van der Waals surface area contributed by atoms with Gasteiger partial charge in [0.15, 0.2) is 6.04 Å². The van der Waals surface area contributed by atoms with Crippen LogP contribution < -0.4 is 26.3 Å². The van der Waals surface area contributed by atoms with E-state index in [1.807, 2.05) is 12.1 Å². The fourth-order valence-corrected chi connectivity index (χ4v) is 3.40. The van der Waals surface area contributed by atoms with E-state index in [-0.39, 0.29) is 18.9 Å². The van der Waals surface area contributed by atoms with Crippen molar-refractivity contribution < 1.29 is 19.6 Å². The molecular weight excluding hydrogens is 474 g/mol. The molecule has 0 saturated heterocycles. The highest BCUT2D eigenvalue weighted by atomic mass is 16.5. The van der Waals surface area contributed by atoms with Gasteiger partial charge < -0.3 is 16.0 Å². The van der Waals surface area contributed by atoms with E-state index < -0.39 is 23.9 Å². The molecule has 0 bridgehead atoms. The number of hydrogen-bond donors (Lipinski definition) is 6. The van der Waals surface area contributed by atoms with Crippen LogP contribution in [0.4, 0.5) is 5.69 Å². The first-order valence-corrected chi connectivity index (χ1v) is 11.5. The van der Waals surface area contributed by atoms with Crippen LogP contribution in [0, 0.1) is 17.4 Å². The van der Waals surface area contributed by atoms with Crippen LogP contribution in [0.15, 0.2) is 53.6 Å². The van der Waals surface area contributed by atoms with E-state index in [9.17, 15) is 14.4 Å². The third-order valence-corrected chi connectivity index (χ3v) is 5.72. The molecule has 1 aliphatic carbocycles. The van der Waals surface area contributed by atoms with E-state index in [0.29, 0.717) is 23.8 Å². The Bertz CT molecular complexity index is 1190. The highest BCUT2D eigenvalue weighted by molar-refractivity contribution is 5.97. The molecule has 0 aliphatic heterocycles. The summed E-state index contributed by atoms with van der Waals surface area (Å²) in [6, 6.07) is 12.0. The molecule has 11 heteroatoms. The molecule has 1 aliphatic rings. The lowest BCUT2D eigenvalue weighted by molar-refractivity contribution is -0.131. The predicted molar refractivity (Wildman–Crippen MR) is 138 cm³/mol. The first-order chi connectivity index (χ1) is 17.4. The maximum atomic E-state index is 12.5. The van der Waals surface area contributed by atoms with Crippen LogP contribution in [0.25, 0.3) is 0 Å². The lowest BCUT2D eigenvalue weighted by Gasteiger charge is -2.26. The van der Waals surface area contributed by atoms with Crippen LogP contribution in [0.5, 0.6) is 0 Å². The number of nitrogens with one attached hydrogen (secondary N) is 5. The van der Waals surface area contributed by atoms with Crippen molar-refractivity contribution in [2.24, 2.45) is 5.11 Å². The highest BCUT2D eigenvalue weighted by Crippen LogP contribution is 2.17. The number of amides is 3. The molecule has 0 unspecified atom stereocenters. The summed E-state index contributed by atoms with van der Waals surface area (Å²) in [5.74, 6) is 4.53. The van der Waals surface area contributed by atoms with Gasteiger partial charge in [0, 0.05) is 28.4 Å². The number of carbonyl (C=O) groups excluding carboxylic acids is 3. The minimum atomic E-state index is -1.21. The van der Waals surface area contributed by atoms with Gasteiger partial charge in [-0.25, -0.2) is 5.48 Å². The van der Waals surface area contributed by atoms with E-state index in [1.54, 1.807) is 36.4 Å². The molecule has 3 amide bonds. The van der Waals surface area contributed by atoms with Crippen LogP contribution in [-0.4, -0.2) is 47.6 Å². The molecule has 2 aromatic rings. The molecule has 0 heterocycles. The van der Waals surface area contributed by atoms with Gasteiger partial charge in [-0.05, 0) is 68.3 Å². The van der Waals surface area contributed by atoms with Gasteiger partial charge in [0.05, 0.1) is 6.54 Å². The van der Waals surface area contributed by atoms with Gasteiger partial charge in [-0.2, -0.15) is 0 Å². The van der Waals surface area contributed by atoms with E-state index in [0.717, 1.165) is 18.4 Å². The van der Waals surface area contributed by atoms with Gasteiger partial charge >= 0.3 is 0 Å². The first-order valence-electron chi connectivity index (χ1n) is 11.5. The molecule has 6 N–H and O–H groups in total. The van der Waals surface area contributed by atoms with Crippen LogP contribution in [-0.2, 0) is 9.59 Å². The summed E-state index contributed by atoms with van der Waals surface area (Å²) in [4.78, 5) is 39.2. The third-order valence-electron chi connectivity index (χ3n) is 5.72. The smallest absolute Gasteiger partial charge is 0.268 e. The monoisotopic (exact) mass is 506 g/mol. The van der Waals surface area contributed by atoms with Crippen LogP contribution >= 0.6 is 0 Å². The van der Waals surface area contributed by atoms with Crippen molar-refractivity contribution in [3.63, 3.8) is 0 Å². The normalized spacial score (nSPS) is 13.7. The summed E-state index contributed by atoms with van der Waals surface area (Å²) in [6.07, 6.45) is 3.47. The molecule has 0 aromatic heterocycles. The number of carbonyl (C=O) groups is 3. The zero-order chi connectivity index (χ0) is 25.9. The van der Waals surface area contributed by atoms with Gasteiger partial charge in [-0.15, -0.1) is 0 Å². The quantitative estimate of drug-likeness (QED) is 0.101. The van der Waals surface area contributed by atoms with Gasteiger partial charge in [-0.3, -0.25) is 19.6 Å². The molecule has 1 saturated carbocycles. The molecular formula is C26H32N7O4+. The second kappa shape index (κ2) is 14.3. The van der Waals surface area contributed by atoms with Gasteiger partial charge in [0.2, 0.25) is 10.8 Å². The van der Waals surface area contributed by atoms with Crippen molar-refractivity contribution in [2.75, 3.05) is 11.9 Å². The first kappa shape index (κ1) is 28.9. The average Bonchev–Trinajstić information content (AvgIpc) is 2.85. The summed E-state index contributed by atoms with van der Waals surface area (Å²) in [7, 11) is 0. The van der Waals surface area contributed by atoms with Gasteiger partial charge in [0.25, 0.3) is 11.8 Å². The summed E-state index contributed by atoms with van der Waals surface area (Å²) in [5, 5.41) is 20.9. The average molecular weight is 507 g/mol. The van der Waals surface area contributed by atoms with Crippen LogP contribution in [0.1, 0.15) is 55.1 Å². The zero-order valence-corrected chi connectivity index (χ0v) is 19.7. The molecule has 1 fully saturated rings. The minimum Gasteiger partial charge on any atom is -0.338 e. The SMILES string of the molecule is C.C[C@@H](N=[N+]=N)[C@H](NC(=O)c1ccc(C#Cc2ccc(NC(=O)CNC3CCC3)cc2)cc1)C(=O)NO. The molecule has 0 spiro atoms. The Morgan fingerprint density at radius 1 is 1.08 bits per heavy atom. The van der Waals surface area contributed by atoms with Crippen molar-refractivity contribution in [1.29, 1.82) is 5.53 Å². The summed E-state index contributed by atoms with van der Waals surface area (Å²) < 4.78 is 0. The largest absolute Gasteiger partial charge is 0.338 e. The predicted octanol–water partition coefficient (Wildman–Crippen LogP) is 2.35. The van der Waals surface area contributed by atoms with E-state index >= 15 is 0 Å². The fraction of sp³-hybridized carbons (Fsp3) is 0.346. The highest BCUT2D eigenvalue weighted by Gasteiger charge is 2.30. The topological polar surface area (TPSA) is 170 Å². The Hall–Kier alpha value is -4.36. The van der Waals surface area contributed by atoms with E-state index in [4.69, 9.17) is 10.7 Å². The van der Waals surface area contributed by atoms with Gasteiger partial charge in [-0.1, -0.05) is 25.7 Å². The molecule has 37 heavy (non-hydrogen) atoms. The summed E-state index contributed by atoms with van der Waals surface area (Å²) in [5.41, 5.74) is 10.7. The van der Waals surface area contributed by atoms with Crippen molar-refractivity contribution in [3.8, 4) is 11.8 Å². The maximum absolute atomic E-state index is 12.5. The second-order valence-corrected chi connectivity index (χ2v) is 8.34. The van der Waals surface area contributed by atoms with Crippen LogP contribution in [0.2, 0.25) is 0 Å². The minimum absolute atomic E-state index is 0. The van der Waals surface area contributed by atoms with Crippen LogP contribution in [0.3, 0.4) is 0 Å². The molecule has 3 rings (SSSR count). The lowest BCUT2D eigenvalue weighted by Crippen LogP contribution is -2.51. The number of hydrogen-bond acceptors (Lipinski definition) is 7. The Balaban J connectivity index is 0.00000481. The number of hydroxylamine groups is 1. The van der Waals surface area contributed by atoms with Gasteiger partial charge in [0.1, 0.15) is 16.7 Å². The van der Waals surface area contributed by atoms with E-state index in [1.165, 1.54) is 18.8 Å². The Morgan fingerprint density at radius 2 is 1.68 bits per heavy atom. The van der Waals surface area contributed by atoms with Crippen molar-refractivity contribution in [3.05, 3.63) is 65.2 Å². The standard InChI is InChI=1S/C25H27N7O4.CH4/c1-16(30-32-26)23(25(35)31-36)29-24(34)19-11-7-17(8-12-19)5-6-18-9-13-21(14-10-18)28-22(33)15-27-20-3-2-4-20;/h7-14,16,20,23,26-27H,2-4,15H2,1H3,(H3-,28,29,31,33,34,35,36);1H4/p+1/t16-,23+;/m1./s1. The number of rotatable bonds is 9. The number of anilines is 1. The number of benzene rings is 2. The maximum Gasteiger partial charge on any atom is 0.268 e.